The molecule has 0 aromatic heterocycles. The molecule has 3 heteroatoms. The highest BCUT2D eigenvalue weighted by atomic mass is 32.2. The van der Waals surface area contributed by atoms with Crippen molar-refractivity contribution in [3.63, 3.8) is 0 Å². The zero-order valence-corrected chi connectivity index (χ0v) is 9.97. The van der Waals surface area contributed by atoms with Gasteiger partial charge in [-0.3, -0.25) is 4.79 Å². The van der Waals surface area contributed by atoms with Crippen molar-refractivity contribution >= 4 is 17.7 Å². The number of rotatable bonds is 5. The van der Waals surface area contributed by atoms with Gasteiger partial charge in [-0.2, -0.15) is 11.8 Å². The van der Waals surface area contributed by atoms with E-state index in [9.17, 15) is 4.79 Å². The molecule has 0 N–H and O–H groups in total. The lowest BCUT2D eigenvalue weighted by molar-refractivity contribution is -0.142. The molecule has 0 saturated heterocycles. The fourth-order valence-electron chi connectivity index (χ4n) is 1.30. The van der Waals surface area contributed by atoms with E-state index in [1.807, 2.05) is 19.1 Å². The molecule has 0 aliphatic rings. The predicted octanol–water partition coefficient (Wildman–Crippen LogP) is 2.66. The predicted molar refractivity (Wildman–Crippen MR) is 64.0 cm³/mol. The van der Waals surface area contributed by atoms with Crippen LogP contribution in [0.15, 0.2) is 24.3 Å². The average Bonchev–Trinajstić information content (AvgIpc) is 2.22. The quantitative estimate of drug-likeness (QED) is 0.719. The van der Waals surface area contributed by atoms with Crippen LogP contribution >= 0.6 is 11.8 Å². The van der Waals surface area contributed by atoms with Crippen molar-refractivity contribution in [3.05, 3.63) is 35.4 Å². The Hall–Kier alpha value is -0.960. The Labute approximate surface area is 95.0 Å². The molecular formula is C12H16O2S. The van der Waals surface area contributed by atoms with Crippen LogP contribution in [0.3, 0.4) is 0 Å². The normalized spacial score (nSPS) is 10.0. The number of hydrogen-bond acceptors (Lipinski definition) is 3. The van der Waals surface area contributed by atoms with Crippen LogP contribution in [-0.4, -0.2) is 18.8 Å². The smallest absolute Gasteiger partial charge is 0.310 e. The molecule has 15 heavy (non-hydrogen) atoms. The van der Waals surface area contributed by atoms with Gasteiger partial charge in [-0.05, 0) is 24.3 Å². The van der Waals surface area contributed by atoms with Crippen molar-refractivity contribution < 1.29 is 9.53 Å². The Morgan fingerprint density at radius 2 is 1.87 bits per heavy atom. The third-order valence-electron chi connectivity index (χ3n) is 1.99. The summed E-state index contributed by atoms with van der Waals surface area (Å²) in [5, 5.41) is 0. The van der Waals surface area contributed by atoms with E-state index in [0.29, 0.717) is 13.0 Å². The summed E-state index contributed by atoms with van der Waals surface area (Å²) >= 11 is 1.79. The van der Waals surface area contributed by atoms with Crippen molar-refractivity contribution in [3.8, 4) is 0 Å². The van der Waals surface area contributed by atoms with Crippen molar-refractivity contribution in [2.24, 2.45) is 0 Å². The van der Waals surface area contributed by atoms with Crippen molar-refractivity contribution in [2.45, 2.75) is 19.1 Å². The second-order valence-corrected chi connectivity index (χ2v) is 4.10. The molecule has 0 aliphatic carbocycles. The maximum Gasteiger partial charge on any atom is 0.310 e. The Morgan fingerprint density at radius 3 is 2.40 bits per heavy atom. The first-order valence-electron chi connectivity index (χ1n) is 4.98. The van der Waals surface area contributed by atoms with Gasteiger partial charge in [0.15, 0.2) is 0 Å². The molecular weight excluding hydrogens is 208 g/mol. The van der Waals surface area contributed by atoms with Crippen LogP contribution in [0.25, 0.3) is 0 Å². The van der Waals surface area contributed by atoms with Crippen LogP contribution in [0.4, 0.5) is 0 Å². The molecule has 0 bridgehead atoms. The molecule has 1 aromatic rings. The van der Waals surface area contributed by atoms with Gasteiger partial charge in [0.2, 0.25) is 0 Å². The summed E-state index contributed by atoms with van der Waals surface area (Å²) in [5.41, 5.74) is 2.30. The van der Waals surface area contributed by atoms with Crippen molar-refractivity contribution in [1.82, 2.24) is 0 Å². The van der Waals surface area contributed by atoms with E-state index in [0.717, 1.165) is 11.3 Å². The first-order chi connectivity index (χ1) is 7.26. The minimum absolute atomic E-state index is 0.157. The van der Waals surface area contributed by atoms with E-state index in [1.165, 1.54) is 5.56 Å². The van der Waals surface area contributed by atoms with Crippen LogP contribution in [0, 0.1) is 0 Å². The molecule has 0 spiro atoms. The molecule has 0 saturated carbocycles. The highest BCUT2D eigenvalue weighted by Gasteiger charge is 2.03. The van der Waals surface area contributed by atoms with Gasteiger partial charge in [0, 0.05) is 5.75 Å². The maximum absolute atomic E-state index is 11.2. The minimum Gasteiger partial charge on any atom is -0.466 e. The molecule has 0 fully saturated rings. The summed E-state index contributed by atoms with van der Waals surface area (Å²) in [4.78, 5) is 11.2. The van der Waals surface area contributed by atoms with E-state index in [4.69, 9.17) is 4.74 Å². The van der Waals surface area contributed by atoms with E-state index in [-0.39, 0.29) is 5.97 Å². The standard InChI is InChI=1S/C12H16O2S/c1-3-14-12(13)8-10-4-6-11(7-5-10)9-15-2/h4-7H,3,8-9H2,1-2H3. The second kappa shape index (κ2) is 6.51. The van der Waals surface area contributed by atoms with Gasteiger partial charge in [0.05, 0.1) is 13.0 Å². The zero-order valence-electron chi connectivity index (χ0n) is 9.16. The van der Waals surface area contributed by atoms with Gasteiger partial charge in [0.25, 0.3) is 0 Å². The number of ether oxygens (including phenoxy) is 1. The van der Waals surface area contributed by atoms with Gasteiger partial charge in [-0.1, -0.05) is 24.3 Å². The van der Waals surface area contributed by atoms with Gasteiger partial charge in [0.1, 0.15) is 0 Å². The Morgan fingerprint density at radius 1 is 1.27 bits per heavy atom. The molecule has 82 valence electrons. The third kappa shape index (κ3) is 4.38. The van der Waals surface area contributed by atoms with E-state index < -0.39 is 0 Å². The van der Waals surface area contributed by atoms with Gasteiger partial charge >= 0.3 is 5.97 Å². The highest BCUT2D eigenvalue weighted by Crippen LogP contribution is 2.11. The number of thioether (sulfide) groups is 1. The molecule has 0 heterocycles. The SMILES string of the molecule is CCOC(=O)Cc1ccc(CSC)cc1. The summed E-state index contributed by atoms with van der Waals surface area (Å²) in [5.74, 6) is 0.856. The molecule has 0 unspecified atom stereocenters. The zero-order chi connectivity index (χ0) is 11.1. The van der Waals surface area contributed by atoms with E-state index in [2.05, 4.69) is 18.4 Å². The third-order valence-corrected chi connectivity index (χ3v) is 2.61. The van der Waals surface area contributed by atoms with E-state index in [1.54, 1.807) is 11.8 Å². The van der Waals surface area contributed by atoms with Crippen molar-refractivity contribution in [2.75, 3.05) is 12.9 Å². The Kier molecular flexibility index (Phi) is 5.26. The minimum atomic E-state index is -0.157. The largest absolute Gasteiger partial charge is 0.466 e. The first-order valence-corrected chi connectivity index (χ1v) is 6.38. The highest BCUT2D eigenvalue weighted by molar-refractivity contribution is 7.97. The van der Waals surface area contributed by atoms with Crippen LogP contribution in [0.5, 0.6) is 0 Å². The van der Waals surface area contributed by atoms with Gasteiger partial charge < -0.3 is 4.74 Å². The number of carbonyl (C=O) groups is 1. The first kappa shape index (κ1) is 12.1. The average molecular weight is 224 g/mol. The summed E-state index contributed by atoms with van der Waals surface area (Å²) < 4.78 is 4.88. The molecule has 0 atom stereocenters. The van der Waals surface area contributed by atoms with E-state index >= 15 is 0 Å². The van der Waals surface area contributed by atoms with Crippen LogP contribution in [-0.2, 0) is 21.7 Å². The summed E-state index contributed by atoms with van der Waals surface area (Å²) in [6.07, 6.45) is 2.44. The fourth-order valence-corrected chi connectivity index (χ4v) is 1.82. The fraction of sp³-hybridized carbons (Fsp3) is 0.417. The number of esters is 1. The molecule has 2 nitrogen and oxygen atoms in total. The lowest BCUT2D eigenvalue weighted by atomic mass is 10.1. The monoisotopic (exact) mass is 224 g/mol. The molecule has 0 amide bonds. The topological polar surface area (TPSA) is 26.3 Å². The van der Waals surface area contributed by atoms with Crippen LogP contribution < -0.4 is 0 Å². The van der Waals surface area contributed by atoms with Crippen LogP contribution in [0.1, 0.15) is 18.1 Å². The van der Waals surface area contributed by atoms with Crippen LogP contribution in [0.2, 0.25) is 0 Å². The summed E-state index contributed by atoms with van der Waals surface area (Å²) in [7, 11) is 0. The number of benzene rings is 1. The number of carbonyl (C=O) groups excluding carboxylic acids is 1. The second-order valence-electron chi connectivity index (χ2n) is 3.23. The summed E-state index contributed by atoms with van der Waals surface area (Å²) in [6.45, 7) is 2.27. The summed E-state index contributed by atoms with van der Waals surface area (Å²) in [6, 6.07) is 8.10. The lowest BCUT2D eigenvalue weighted by Gasteiger charge is -2.03. The van der Waals surface area contributed by atoms with Crippen molar-refractivity contribution in [1.29, 1.82) is 0 Å². The molecule has 1 aromatic carbocycles. The molecule has 1 rings (SSSR count). The maximum atomic E-state index is 11.2. The Bertz CT molecular complexity index is 306. The lowest BCUT2D eigenvalue weighted by Crippen LogP contribution is -2.07. The number of hydrogen-bond donors (Lipinski definition) is 0. The molecule has 0 radical (unpaired) electrons. The van der Waals surface area contributed by atoms with Gasteiger partial charge in [-0.15, -0.1) is 0 Å². The molecule has 0 aliphatic heterocycles. The Balaban J connectivity index is 2.52. The van der Waals surface area contributed by atoms with Gasteiger partial charge in [-0.25, -0.2) is 0 Å².